The van der Waals surface area contributed by atoms with E-state index >= 15 is 0 Å². The van der Waals surface area contributed by atoms with Crippen molar-refractivity contribution in [3.8, 4) is 0 Å². The van der Waals surface area contributed by atoms with E-state index in [1.807, 2.05) is 12.4 Å². The van der Waals surface area contributed by atoms with Crippen molar-refractivity contribution in [2.75, 3.05) is 0 Å². The van der Waals surface area contributed by atoms with Crippen molar-refractivity contribution >= 4 is 0 Å². The second kappa shape index (κ2) is 6.53. The first-order valence-electron chi connectivity index (χ1n) is 6.95. The summed E-state index contributed by atoms with van der Waals surface area (Å²) >= 11 is 0. The lowest BCUT2D eigenvalue weighted by molar-refractivity contribution is 0.574. The topological polar surface area (TPSA) is 40.7 Å². The highest BCUT2D eigenvalue weighted by molar-refractivity contribution is 5.25. The zero-order valence-corrected chi connectivity index (χ0v) is 12.0. The smallest absolute Gasteiger partial charge is 0.0532 e. The van der Waals surface area contributed by atoms with E-state index in [1.165, 1.54) is 16.7 Å². The molecule has 2 aromatic rings. The van der Waals surface area contributed by atoms with Gasteiger partial charge in [-0.05, 0) is 30.4 Å². The molecule has 0 fully saturated rings. The summed E-state index contributed by atoms with van der Waals surface area (Å²) in [5.74, 6) is 0.711. The molecule has 0 aliphatic carbocycles. The molecule has 1 unspecified atom stereocenters. The maximum atomic E-state index is 3.95. The Bertz CT molecular complexity index is 471. The third kappa shape index (κ3) is 4.21. The lowest BCUT2D eigenvalue weighted by atomic mass is 10.00. The minimum absolute atomic E-state index is 0.350. The van der Waals surface area contributed by atoms with E-state index in [0.29, 0.717) is 12.0 Å². The van der Waals surface area contributed by atoms with Crippen LogP contribution in [-0.2, 0) is 13.0 Å². The normalized spacial score (nSPS) is 12.8. The quantitative estimate of drug-likeness (QED) is 0.832. The number of aromatic nitrogens is 2. The van der Waals surface area contributed by atoms with Gasteiger partial charge in [0.15, 0.2) is 0 Å². The summed E-state index contributed by atoms with van der Waals surface area (Å²) in [5.41, 5.74) is 3.93. The highest BCUT2D eigenvalue weighted by Gasteiger charge is 2.05. The fraction of sp³-hybridized carbons (Fsp3) is 0.438. The number of nitrogens with zero attached hydrogens (tertiary/aromatic N) is 1. The van der Waals surface area contributed by atoms with Gasteiger partial charge in [-0.15, -0.1) is 0 Å². The van der Waals surface area contributed by atoms with Crippen molar-refractivity contribution < 1.29 is 0 Å². The monoisotopic (exact) mass is 257 g/mol. The van der Waals surface area contributed by atoms with Gasteiger partial charge in [0.25, 0.3) is 0 Å². The molecule has 0 saturated carbocycles. The molecule has 0 saturated heterocycles. The van der Waals surface area contributed by atoms with Crippen molar-refractivity contribution in [1.29, 1.82) is 0 Å². The third-order valence-electron chi connectivity index (χ3n) is 3.29. The molecule has 102 valence electrons. The predicted octanol–water partition coefficient (Wildman–Crippen LogP) is 3.46. The summed E-state index contributed by atoms with van der Waals surface area (Å²) in [4.78, 5) is 0. The number of hydrogen-bond donors (Lipinski definition) is 2. The van der Waals surface area contributed by atoms with Crippen molar-refractivity contribution in [2.24, 2.45) is 5.92 Å². The summed E-state index contributed by atoms with van der Waals surface area (Å²) in [6.07, 6.45) is 4.92. The Kier molecular flexibility index (Phi) is 4.74. The second-order valence-electron chi connectivity index (χ2n) is 5.55. The van der Waals surface area contributed by atoms with Crippen molar-refractivity contribution in [2.45, 2.75) is 39.8 Å². The molecule has 0 aliphatic heterocycles. The van der Waals surface area contributed by atoms with Crippen LogP contribution in [0.25, 0.3) is 0 Å². The molecule has 1 atom stereocenters. The maximum absolute atomic E-state index is 3.95. The third-order valence-corrected chi connectivity index (χ3v) is 3.29. The Morgan fingerprint density at radius 2 is 1.84 bits per heavy atom. The minimum atomic E-state index is 0.350. The van der Waals surface area contributed by atoms with E-state index in [9.17, 15) is 0 Å². The zero-order valence-electron chi connectivity index (χ0n) is 12.0. The average Bonchev–Trinajstić information content (AvgIpc) is 2.89. The number of rotatable bonds is 6. The number of nitrogens with one attached hydrogen (secondary N) is 2. The van der Waals surface area contributed by atoms with Gasteiger partial charge in [-0.1, -0.05) is 38.1 Å². The molecule has 2 rings (SSSR count). The molecule has 0 radical (unpaired) electrons. The number of H-pyrrole nitrogens is 1. The summed E-state index contributed by atoms with van der Waals surface area (Å²) in [7, 11) is 0. The van der Waals surface area contributed by atoms with Crippen LogP contribution in [0.3, 0.4) is 0 Å². The fourth-order valence-corrected chi connectivity index (χ4v) is 2.18. The largest absolute Gasteiger partial charge is 0.306 e. The van der Waals surface area contributed by atoms with Crippen molar-refractivity contribution in [3.63, 3.8) is 0 Å². The molecule has 3 nitrogen and oxygen atoms in total. The van der Waals surface area contributed by atoms with Crippen LogP contribution in [0, 0.1) is 5.92 Å². The van der Waals surface area contributed by atoms with Gasteiger partial charge in [0.05, 0.1) is 6.20 Å². The van der Waals surface area contributed by atoms with E-state index in [4.69, 9.17) is 0 Å². The van der Waals surface area contributed by atoms with Crippen molar-refractivity contribution in [1.82, 2.24) is 15.5 Å². The summed E-state index contributed by atoms with van der Waals surface area (Å²) < 4.78 is 0. The van der Waals surface area contributed by atoms with Crippen LogP contribution in [0.4, 0.5) is 0 Å². The van der Waals surface area contributed by atoms with Gasteiger partial charge in [0.2, 0.25) is 0 Å². The molecule has 2 N–H and O–H groups in total. The fourth-order valence-electron chi connectivity index (χ4n) is 2.18. The molecule has 0 aliphatic rings. The van der Waals surface area contributed by atoms with Crippen LogP contribution in [0.1, 0.15) is 43.5 Å². The van der Waals surface area contributed by atoms with E-state index in [2.05, 4.69) is 60.6 Å². The van der Waals surface area contributed by atoms with E-state index in [-0.39, 0.29) is 0 Å². The van der Waals surface area contributed by atoms with E-state index < -0.39 is 0 Å². The first-order chi connectivity index (χ1) is 9.15. The van der Waals surface area contributed by atoms with Crippen LogP contribution >= 0.6 is 0 Å². The highest BCUT2D eigenvalue weighted by atomic mass is 15.1. The molecular weight excluding hydrogens is 234 g/mol. The number of hydrogen-bond acceptors (Lipinski definition) is 2. The molecule has 0 spiro atoms. The van der Waals surface area contributed by atoms with Crippen LogP contribution < -0.4 is 5.32 Å². The lowest BCUT2D eigenvalue weighted by Crippen LogP contribution is -2.17. The van der Waals surface area contributed by atoms with E-state index in [1.54, 1.807) is 0 Å². The molecule has 19 heavy (non-hydrogen) atoms. The molecule has 0 bridgehead atoms. The van der Waals surface area contributed by atoms with Gasteiger partial charge < -0.3 is 5.32 Å². The number of aromatic amines is 1. The molecule has 3 heteroatoms. The summed E-state index contributed by atoms with van der Waals surface area (Å²) in [6, 6.07) is 9.29. The molecule has 1 aromatic carbocycles. The zero-order chi connectivity index (χ0) is 13.7. The lowest BCUT2D eigenvalue weighted by Gasteiger charge is -2.14. The molecule has 0 amide bonds. The standard InChI is InChI=1S/C16H23N3/c1-12(2)8-14-4-6-16(7-5-14)13(3)17-9-15-10-18-19-11-15/h4-7,10-13,17H,8-9H2,1-3H3,(H,18,19). The Hall–Kier alpha value is -1.61. The van der Waals surface area contributed by atoms with Crippen LogP contribution in [0.5, 0.6) is 0 Å². The van der Waals surface area contributed by atoms with E-state index in [0.717, 1.165) is 13.0 Å². The highest BCUT2D eigenvalue weighted by Crippen LogP contribution is 2.16. The van der Waals surface area contributed by atoms with Crippen molar-refractivity contribution in [3.05, 3.63) is 53.3 Å². The Morgan fingerprint density at radius 3 is 2.42 bits per heavy atom. The molecular formula is C16H23N3. The van der Waals surface area contributed by atoms with Gasteiger partial charge in [-0.25, -0.2) is 0 Å². The SMILES string of the molecule is CC(C)Cc1ccc(C(C)NCc2cn[nH]c2)cc1. The maximum Gasteiger partial charge on any atom is 0.0532 e. The molecule has 1 aromatic heterocycles. The van der Waals surface area contributed by atoms with Crippen LogP contribution in [0.2, 0.25) is 0 Å². The summed E-state index contributed by atoms with van der Waals surface area (Å²) in [5, 5.41) is 10.3. The second-order valence-corrected chi connectivity index (χ2v) is 5.55. The van der Waals surface area contributed by atoms with Gasteiger partial charge in [0, 0.05) is 24.3 Å². The van der Waals surface area contributed by atoms with Crippen LogP contribution in [-0.4, -0.2) is 10.2 Å². The average molecular weight is 257 g/mol. The first-order valence-corrected chi connectivity index (χ1v) is 6.95. The first kappa shape index (κ1) is 13.8. The summed E-state index contributed by atoms with van der Waals surface area (Å²) in [6.45, 7) is 7.54. The van der Waals surface area contributed by atoms with Gasteiger partial charge in [-0.3, -0.25) is 5.10 Å². The molecule has 1 heterocycles. The Labute approximate surface area is 115 Å². The Morgan fingerprint density at radius 1 is 1.11 bits per heavy atom. The van der Waals surface area contributed by atoms with Gasteiger partial charge in [-0.2, -0.15) is 5.10 Å². The van der Waals surface area contributed by atoms with Gasteiger partial charge >= 0.3 is 0 Å². The number of benzene rings is 1. The Balaban J connectivity index is 1.90. The van der Waals surface area contributed by atoms with Crippen LogP contribution in [0.15, 0.2) is 36.7 Å². The predicted molar refractivity (Wildman–Crippen MR) is 78.8 cm³/mol. The van der Waals surface area contributed by atoms with Gasteiger partial charge in [0.1, 0.15) is 0 Å². The minimum Gasteiger partial charge on any atom is -0.306 e.